The summed E-state index contributed by atoms with van der Waals surface area (Å²) in [6.45, 7) is 1.43. The number of rotatable bonds is 6. The molecule has 1 saturated heterocycles. The molecule has 11 heteroatoms. The van der Waals surface area contributed by atoms with E-state index in [0.29, 0.717) is 45.6 Å². The van der Waals surface area contributed by atoms with Crippen LogP contribution < -0.4 is 15.5 Å². The zero-order valence-corrected chi connectivity index (χ0v) is 21.2. The van der Waals surface area contributed by atoms with Gasteiger partial charge in [0.05, 0.1) is 0 Å². The fourth-order valence-electron chi connectivity index (χ4n) is 4.10. The number of aromatic nitrogens is 2. The molecule has 2 aromatic carbocycles. The van der Waals surface area contributed by atoms with Crippen molar-refractivity contribution in [2.45, 2.75) is 6.54 Å². The summed E-state index contributed by atoms with van der Waals surface area (Å²) in [5.41, 5.74) is 2.23. The molecule has 3 amide bonds. The first-order valence-corrected chi connectivity index (χ1v) is 12.2. The van der Waals surface area contributed by atoms with Gasteiger partial charge in [0.1, 0.15) is 11.3 Å². The van der Waals surface area contributed by atoms with Crippen LogP contribution in [0, 0.1) is 0 Å². The summed E-state index contributed by atoms with van der Waals surface area (Å²) in [4.78, 5) is 37.3. The molecule has 37 heavy (non-hydrogen) atoms. The summed E-state index contributed by atoms with van der Waals surface area (Å²) < 4.78 is 0. The molecule has 9 nitrogen and oxygen atoms in total. The number of nitrogens with one attached hydrogen (secondary N) is 2. The molecule has 2 aromatic heterocycles. The second-order valence-electron chi connectivity index (χ2n) is 8.55. The Kier molecular flexibility index (Phi) is 6.73. The van der Waals surface area contributed by atoms with Crippen LogP contribution in [-0.4, -0.2) is 52.0 Å². The van der Waals surface area contributed by atoms with Crippen LogP contribution >= 0.6 is 23.2 Å². The van der Waals surface area contributed by atoms with E-state index < -0.39 is 5.91 Å². The van der Waals surface area contributed by atoms with Crippen molar-refractivity contribution in [2.24, 2.45) is 0 Å². The fourth-order valence-corrected chi connectivity index (χ4v) is 4.67. The standard InChI is InChI=1S/C26H22Cl2N6O3/c1-33-9-10-34(26(33)37)19-6-4-18(5-7-19)31-24-20-3-2-8-29-21(20)23(35)22(32-24)25(36)30-14-15-11-16(27)13-17(28)12-15/h2-8,11-13,35H,9-10,14H2,1H3,(H,30,36)(H,31,32). The third-order valence-corrected chi connectivity index (χ3v) is 6.42. The largest absolute Gasteiger partial charge is 0.504 e. The number of hydrogen-bond acceptors (Lipinski definition) is 6. The SMILES string of the molecule is CN1CCN(c2ccc(Nc3nc(C(=O)NCc4cc(Cl)cc(Cl)c4)c(O)c4ncccc34)cc2)C1=O. The van der Waals surface area contributed by atoms with E-state index in [0.717, 1.165) is 5.69 Å². The first-order chi connectivity index (χ1) is 17.8. The Labute approximate surface area is 222 Å². The van der Waals surface area contributed by atoms with E-state index in [-0.39, 0.29) is 29.5 Å². The molecule has 0 spiro atoms. The molecule has 4 aromatic rings. The number of benzene rings is 2. The van der Waals surface area contributed by atoms with Gasteiger partial charge in [-0.2, -0.15) is 0 Å². The summed E-state index contributed by atoms with van der Waals surface area (Å²) in [6.07, 6.45) is 1.53. The van der Waals surface area contributed by atoms with Crippen molar-refractivity contribution in [3.05, 3.63) is 82.1 Å². The summed E-state index contributed by atoms with van der Waals surface area (Å²) >= 11 is 12.1. The topological polar surface area (TPSA) is 111 Å². The number of likely N-dealkylation sites (N-methyl/N-ethyl adjacent to an activating group) is 1. The molecule has 5 rings (SSSR count). The molecule has 0 saturated carbocycles. The lowest BCUT2D eigenvalue weighted by Crippen LogP contribution is -2.29. The molecule has 0 bridgehead atoms. The van der Waals surface area contributed by atoms with Crippen LogP contribution in [0.15, 0.2) is 60.8 Å². The van der Waals surface area contributed by atoms with Crippen LogP contribution in [0.25, 0.3) is 10.9 Å². The second kappa shape index (κ2) is 10.1. The third kappa shape index (κ3) is 5.09. The lowest BCUT2D eigenvalue weighted by molar-refractivity contribution is 0.0943. The molecule has 0 atom stereocenters. The highest BCUT2D eigenvalue weighted by Crippen LogP contribution is 2.33. The van der Waals surface area contributed by atoms with Crippen molar-refractivity contribution in [3.8, 4) is 5.75 Å². The summed E-state index contributed by atoms with van der Waals surface area (Å²) in [6, 6.07) is 15.7. The molecule has 0 radical (unpaired) electrons. The van der Waals surface area contributed by atoms with E-state index in [2.05, 4.69) is 20.6 Å². The van der Waals surface area contributed by atoms with Crippen LogP contribution in [0.5, 0.6) is 5.75 Å². The van der Waals surface area contributed by atoms with E-state index in [9.17, 15) is 14.7 Å². The van der Waals surface area contributed by atoms with Crippen molar-refractivity contribution in [2.75, 3.05) is 30.4 Å². The summed E-state index contributed by atoms with van der Waals surface area (Å²) in [7, 11) is 1.77. The number of anilines is 3. The Balaban J connectivity index is 1.41. The predicted octanol–water partition coefficient (Wildman–Crippen LogP) is 5.19. The molecule has 3 heterocycles. The number of fused-ring (bicyclic) bond motifs is 1. The monoisotopic (exact) mass is 536 g/mol. The van der Waals surface area contributed by atoms with Crippen LogP contribution in [-0.2, 0) is 6.54 Å². The van der Waals surface area contributed by atoms with Crippen LogP contribution in [0.3, 0.4) is 0 Å². The average molecular weight is 537 g/mol. The molecule has 1 aliphatic rings. The van der Waals surface area contributed by atoms with E-state index in [1.807, 2.05) is 24.3 Å². The zero-order chi connectivity index (χ0) is 26.1. The third-order valence-electron chi connectivity index (χ3n) is 5.98. The van der Waals surface area contributed by atoms with Crippen LogP contribution in [0.2, 0.25) is 10.0 Å². The van der Waals surface area contributed by atoms with Gasteiger partial charge in [-0.15, -0.1) is 0 Å². The van der Waals surface area contributed by atoms with Gasteiger partial charge < -0.3 is 20.6 Å². The lowest BCUT2D eigenvalue weighted by Gasteiger charge is -2.17. The Morgan fingerprint density at radius 3 is 2.49 bits per heavy atom. The Morgan fingerprint density at radius 1 is 1.08 bits per heavy atom. The van der Waals surface area contributed by atoms with Crippen molar-refractivity contribution in [1.29, 1.82) is 0 Å². The molecule has 188 valence electrons. The molecule has 1 aliphatic heterocycles. The maximum Gasteiger partial charge on any atom is 0.324 e. The fraction of sp³-hybridized carbons (Fsp3) is 0.154. The highest BCUT2D eigenvalue weighted by Gasteiger charge is 2.26. The molecule has 1 fully saturated rings. The van der Waals surface area contributed by atoms with E-state index >= 15 is 0 Å². The lowest BCUT2D eigenvalue weighted by atomic mass is 10.1. The molecule has 3 N–H and O–H groups in total. The summed E-state index contributed by atoms with van der Waals surface area (Å²) in [5.74, 6) is -0.562. The van der Waals surface area contributed by atoms with Gasteiger partial charge >= 0.3 is 6.03 Å². The number of carbonyl (C=O) groups excluding carboxylic acids is 2. The Hall–Kier alpha value is -4.08. The molecule has 0 aliphatic carbocycles. The predicted molar refractivity (Wildman–Crippen MR) is 144 cm³/mol. The van der Waals surface area contributed by atoms with Gasteiger partial charge in [-0.3, -0.25) is 14.7 Å². The number of nitrogens with zero attached hydrogens (tertiary/aromatic N) is 4. The van der Waals surface area contributed by atoms with E-state index in [1.165, 1.54) is 6.20 Å². The van der Waals surface area contributed by atoms with E-state index in [1.54, 1.807) is 47.2 Å². The van der Waals surface area contributed by atoms with Gasteiger partial charge in [-0.05, 0) is 60.2 Å². The first kappa shape index (κ1) is 24.6. The van der Waals surface area contributed by atoms with Crippen LogP contribution in [0.4, 0.5) is 22.0 Å². The quantitative estimate of drug-likeness (QED) is 0.312. The number of hydrogen-bond donors (Lipinski definition) is 3. The maximum absolute atomic E-state index is 13.0. The van der Waals surface area contributed by atoms with Gasteiger partial charge in [0.2, 0.25) is 0 Å². The van der Waals surface area contributed by atoms with Gasteiger partial charge in [-0.25, -0.2) is 9.78 Å². The van der Waals surface area contributed by atoms with Crippen molar-refractivity contribution >= 4 is 63.2 Å². The Bertz CT molecular complexity index is 1490. The minimum absolute atomic E-state index is 0.0475. The number of amides is 3. The Morgan fingerprint density at radius 2 is 1.81 bits per heavy atom. The normalized spacial score (nSPS) is 13.3. The first-order valence-electron chi connectivity index (χ1n) is 11.4. The van der Waals surface area contributed by atoms with Gasteiger partial charge in [0.15, 0.2) is 11.4 Å². The molecule has 0 unspecified atom stereocenters. The van der Waals surface area contributed by atoms with Gasteiger partial charge in [-0.1, -0.05) is 23.2 Å². The van der Waals surface area contributed by atoms with Gasteiger partial charge in [0, 0.05) is 59.7 Å². The highest BCUT2D eigenvalue weighted by molar-refractivity contribution is 6.34. The number of aromatic hydroxyl groups is 1. The average Bonchev–Trinajstić information content (AvgIpc) is 3.22. The smallest absolute Gasteiger partial charge is 0.324 e. The van der Waals surface area contributed by atoms with Gasteiger partial charge in [0.25, 0.3) is 5.91 Å². The number of pyridine rings is 2. The number of urea groups is 1. The number of halogens is 2. The minimum Gasteiger partial charge on any atom is -0.504 e. The van der Waals surface area contributed by atoms with Crippen molar-refractivity contribution in [1.82, 2.24) is 20.2 Å². The highest BCUT2D eigenvalue weighted by atomic mass is 35.5. The number of carbonyl (C=O) groups is 2. The van der Waals surface area contributed by atoms with Crippen LogP contribution in [0.1, 0.15) is 16.1 Å². The zero-order valence-electron chi connectivity index (χ0n) is 19.7. The minimum atomic E-state index is -0.587. The molecular weight excluding hydrogens is 515 g/mol. The van der Waals surface area contributed by atoms with Crippen molar-refractivity contribution < 1.29 is 14.7 Å². The van der Waals surface area contributed by atoms with Crippen molar-refractivity contribution in [3.63, 3.8) is 0 Å². The second-order valence-corrected chi connectivity index (χ2v) is 9.42. The summed E-state index contributed by atoms with van der Waals surface area (Å²) in [5, 5.41) is 18.2. The molecular formula is C26H22Cl2N6O3. The van der Waals surface area contributed by atoms with E-state index in [4.69, 9.17) is 23.2 Å². The maximum atomic E-state index is 13.0.